The summed E-state index contributed by atoms with van der Waals surface area (Å²) in [7, 11) is 2.15. The second-order valence-electron chi connectivity index (χ2n) is 11.3. The lowest BCUT2D eigenvalue weighted by Crippen LogP contribution is -2.37. The van der Waals surface area contributed by atoms with E-state index in [1.165, 1.54) is 102 Å². The SMILES string of the molecule is CCCCCCCCCCCCCCCCS[C@H]1CCC[C@@H](OP(=O)(O)OCC[N+](C)(C)C)C1. The van der Waals surface area contributed by atoms with Crippen LogP contribution in [-0.2, 0) is 13.6 Å². The molecule has 0 aromatic rings. The van der Waals surface area contributed by atoms with Gasteiger partial charge < -0.3 is 9.38 Å². The molecule has 1 N–H and O–H groups in total. The van der Waals surface area contributed by atoms with Gasteiger partial charge in [-0.3, -0.25) is 9.05 Å². The van der Waals surface area contributed by atoms with Gasteiger partial charge in [0.25, 0.3) is 0 Å². The largest absolute Gasteiger partial charge is 0.472 e. The zero-order valence-corrected chi connectivity index (χ0v) is 24.7. The number of phosphoric ester groups is 1. The summed E-state index contributed by atoms with van der Waals surface area (Å²) in [5.41, 5.74) is 0. The Morgan fingerprint density at radius 2 is 1.38 bits per heavy atom. The summed E-state index contributed by atoms with van der Waals surface area (Å²) in [6, 6.07) is 0. The van der Waals surface area contributed by atoms with Crippen molar-refractivity contribution >= 4 is 19.6 Å². The van der Waals surface area contributed by atoms with Gasteiger partial charge in [-0.2, -0.15) is 11.8 Å². The number of phosphoric acid groups is 1. The number of quaternary nitrogens is 1. The van der Waals surface area contributed by atoms with Gasteiger partial charge in [0.2, 0.25) is 0 Å². The summed E-state index contributed by atoms with van der Waals surface area (Å²) in [6.45, 7) is 3.20. The van der Waals surface area contributed by atoms with Crippen molar-refractivity contribution in [2.75, 3.05) is 40.0 Å². The van der Waals surface area contributed by atoms with Crippen LogP contribution in [0.1, 0.15) is 122 Å². The van der Waals surface area contributed by atoms with Crippen molar-refractivity contribution in [3.05, 3.63) is 0 Å². The molecule has 0 aromatic heterocycles. The maximum absolute atomic E-state index is 12.3. The van der Waals surface area contributed by atoms with Crippen LogP contribution in [0.3, 0.4) is 0 Å². The minimum atomic E-state index is -3.96. The van der Waals surface area contributed by atoms with Crippen molar-refractivity contribution in [1.29, 1.82) is 0 Å². The second-order valence-corrected chi connectivity index (χ2v) is 14.1. The molecule has 7 heteroatoms. The van der Waals surface area contributed by atoms with Crippen LogP contribution in [0.5, 0.6) is 0 Å². The first-order chi connectivity index (χ1) is 16.2. The minimum absolute atomic E-state index is 0.150. The van der Waals surface area contributed by atoms with Crippen LogP contribution in [-0.4, -0.2) is 60.8 Å². The van der Waals surface area contributed by atoms with E-state index in [0.717, 1.165) is 19.3 Å². The van der Waals surface area contributed by atoms with Gasteiger partial charge in [-0.15, -0.1) is 0 Å². The lowest BCUT2D eigenvalue weighted by atomic mass is 9.97. The highest BCUT2D eigenvalue weighted by molar-refractivity contribution is 7.99. The number of nitrogens with zero attached hydrogens (tertiary/aromatic N) is 1. The molecule has 0 aliphatic heterocycles. The van der Waals surface area contributed by atoms with Gasteiger partial charge in [-0.1, -0.05) is 90.4 Å². The van der Waals surface area contributed by atoms with E-state index >= 15 is 0 Å². The van der Waals surface area contributed by atoms with Crippen LogP contribution >= 0.6 is 19.6 Å². The van der Waals surface area contributed by atoms with E-state index in [2.05, 4.69) is 6.92 Å². The van der Waals surface area contributed by atoms with Gasteiger partial charge in [0, 0.05) is 5.25 Å². The zero-order chi connectivity index (χ0) is 25.1. The first-order valence-electron chi connectivity index (χ1n) is 14.3. The topological polar surface area (TPSA) is 55.8 Å². The lowest BCUT2D eigenvalue weighted by Gasteiger charge is -2.30. The standard InChI is InChI=1S/C27H56NO4PS/c1-5-6-7-8-9-10-11-12-13-14-15-16-17-18-24-34-27-21-19-20-26(25-27)32-33(29,30)31-23-22-28(2,3)4/h26-27H,5-25H2,1-4H3/p+1/t26-,27+/m1/s1. The molecule has 34 heavy (non-hydrogen) atoms. The van der Waals surface area contributed by atoms with Crippen LogP contribution < -0.4 is 0 Å². The van der Waals surface area contributed by atoms with Crippen molar-refractivity contribution in [3.8, 4) is 0 Å². The Hall–Kier alpha value is 0.420. The van der Waals surface area contributed by atoms with Gasteiger partial charge in [0.1, 0.15) is 13.2 Å². The Morgan fingerprint density at radius 3 is 1.91 bits per heavy atom. The molecule has 1 fully saturated rings. The summed E-state index contributed by atoms with van der Waals surface area (Å²) in [6.07, 6.45) is 23.4. The molecule has 3 atom stereocenters. The number of unbranched alkanes of at least 4 members (excludes halogenated alkanes) is 13. The van der Waals surface area contributed by atoms with Gasteiger partial charge in [-0.05, 0) is 37.9 Å². The average molecular weight is 523 g/mol. The predicted molar refractivity (Wildman–Crippen MR) is 149 cm³/mol. The number of hydrogen-bond donors (Lipinski definition) is 1. The van der Waals surface area contributed by atoms with Gasteiger partial charge >= 0.3 is 7.82 Å². The molecule has 0 amide bonds. The molecule has 0 radical (unpaired) electrons. The van der Waals surface area contributed by atoms with E-state index in [4.69, 9.17) is 9.05 Å². The zero-order valence-electron chi connectivity index (χ0n) is 23.0. The maximum atomic E-state index is 12.3. The number of thioether (sulfide) groups is 1. The lowest BCUT2D eigenvalue weighted by molar-refractivity contribution is -0.870. The van der Waals surface area contributed by atoms with E-state index < -0.39 is 7.82 Å². The van der Waals surface area contributed by atoms with Gasteiger partial charge in [0.05, 0.1) is 27.2 Å². The fraction of sp³-hybridized carbons (Fsp3) is 1.00. The van der Waals surface area contributed by atoms with Crippen molar-refractivity contribution < 1.29 is 23.0 Å². The van der Waals surface area contributed by atoms with Crippen LogP contribution in [0.25, 0.3) is 0 Å². The summed E-state index contributed by atoms with van der Waals surface area (Å²) in [4.78, 5) is 10.1. The van der Waals surface area contributed by atoms with Crippen LogP contribution in [0, 0.1) is 0 Å². The van der Waals surface area contributed by atoms with Crippen LogP contribution in [0.15, 0.2) is 0 Å². The molecule has 1 rings (SSSR count). The summed E-state index contributed by atoms with van der Waals surface area (Å²) in [5.74, 6) is 1.20. The Balaban J connectivity index is 1.97. The van der Waals surface area contributed by atoms with E-state index in [9.17, 15) is 9.46 Å². The molecule has 0 heterocycles. The fourth-order valence-electron chi connectivity index (χ4n) is 4.54. The molecule has 1 aliphatic carbocycles. The van der Waals surface area contributed by atoms with Crippen molar-refractivity contribution in [2.24, 2.45) is 0 Å². The first-order valence-corrected chi connectivity index (χ1v) is 16.8. The molecular formula is C27H57NO4PS+. The third-order valence-corrected chi connectivity index (χ3v) is 9.23. The Bertz CT molecular complexity index is 529. The fourth-order valence-corrected chi connectivity index (χ4v) is 6.87. The highest BCUT2D eigenvalue weighted by atomic mass is 32.2. The quantitative estimate of drug-likeness (QED) is 0.0879. The smallest absolute Gasteiger partial charge is 0.329 e. The number of likely N-dealkylation sites (N-methyl/N-ethyl adjacent to an activating group) is 1. The van der Waals surface area contributed by atoms with Crippen molar-refractivity contribution in [1.82, 2.24) is 0 Å². The van der Waals surface area contributed by atoms with Gasteiger partial charge in [0.15, 0.2) is 0 Å². The minimum Gasteiger partial charge on any atom is -0.329 e. The van der Waals surface area contributed by atoms with Gasteiger partial charge in [-0.25, -0.2) is 4.57 Å². The highest BCUT2D eigenvalue weighted by Gasteiger charge is 2.31. The molecule has 0 bridgehead atoms. The third kappa shape index (κ3) is 19.6. The first kappa shape index (κ1) is 32.4. The summed E-state index contributed by atoms with van der Waals surface area (Å²) >= 11 is 2.04. The average Bonchev–Trinajstić information content (AvgIpc) is 2.75. The third-order valence-electron chi connectivity index (χ3n) is 6.73. The molecule has 1 aliphatic rings. The summed E-state index contributed by atoms with van der Waals surface area (Å²) in [5, 5.41) is 0.548. The van der Waals surface area contributed by atoms with E-state index in [1.54, 1.807) is 0 Å². The molecule has 204 valence electrons. The molecule has 0 spiro atoms. The maximum Gasteiger partial charge on any atom is 0.472 e. The molecule has 1 unspecified atom stereocenters. The molecule has 5 nitrogen and oxygen atoms in total. The molecule has 1 saturated carbocycles. The number of rotatable bonds is 22. The Kier molecular flexibility index (Phi) is 18.6. The molecular weight excluding hydrogens is 465 g/mol. The van der Waals surface area contributed by atoms with Crippen LogP contribution in [0.4, 0.5) is 0 Å². The highest BCUT2D eigenvalue weighted by Crippen LogP contribution is 2.47. The monoisotopic (exact) mass is 522 g/mol. The van der Waals surface area contributed by atoms with Crippen molar-refractivity contribution in [2.45, 2.75) is 134 Å². The van der Waals surface area contributed by atoms with E-state index in [-0.39, 0.29) is 12.7 Å². The van der Waals surface area contributed by atoms with E-state index in [1.807, 2.05) is 32.9 Å². The van der Waals surface area contributed by atoms with E-state index in [0.29, 0.717) is 16.3 Å². The van der Waals surface area contributed by atoms with Crippen molar-refractivity contribution in [3.63, 3.8) is 0 Å². The normalized spacial score (nSPS) is 21.0. The molecule has 0 aromatic carbocycles. The predicted octanol–water partition coefficient (Wildman–Crippen LogP) is 8.35. The number of hydrogen-bond acceptors (Lipinski definition) is 4. The Labute approximate surface area is 216 Å². The van der Waals surface area contributed by atoms with Crippen LogP contribution in [0.2, 0.25) is 0 Å². The summed E-state index contributed by atoms with van der Waals surface area (Å²) < 4.78 is 23.7. The Morgan fingerprint density at radius 1 is 0.853 bits per heavy atom. The second kappa shape index (κ2) is 19.5. The molecule has 0 saturated heterocycles.